The monoisotopic (exact) mass is 353 g/mol. The Kier molecular flexibility index (Phi) is 5.89. The lowest BCUT2D eigenvalue weighted by atomic mass is 9.88. The molecule has 2 aromatic rings. The maximum atomic E-state index is 9.69. The Morgan fingerprint density at radius 2 is 1.92 bits per heavy atom. The quantitative estimate of drug-likeness (QED) is 0.471. The molecule has 0 aliphatic heterocycles. The smallest absolute Gasteiger partial charge is 0.230 e. The summed E-state index contributed by atoms with van der Waals surface area (Å²) < 4.78 is 6.07. The summed E-state index contributed by atoms with van der Waals surface area (Å²) in [6, 6.07) is 9.83. The van der Waals surface area contributed by atoms with E-state index in [-0.39, 0.29) is 6.04 Å². The molecule has 138 valence electrons. The van der Waals surface area contributed by atoms with Crippen molar-refractivity contribution in [3.05, 3.63) is 53.2 Å². The molecule has 5 heteroatoms. The third-order valence-electron chi connectivity index (χ3n) is 5.19. The standard InChI is InChI=1S/C21H27N3O2/c1-14-9-11-17(12-10-14)23-20(24-25)18-7-5-13-22-21(18)26-19-8-4-6-15(2)16(19)3/h4-8,13-14,17,25H,9-12H2,1-3H3,(H,23,24). The van der Waals surface area contributed by atoms with Crippen LogP contribution in [-0.2, 0) is 0 Å². The molecule has 0 spiro atoms. The zero-order valence-corrected chi connectivity index (χ0v) is 15.7. The molecule has 3 rings (SSSR count). The summed E-state index contributed by atoms with van der Waals surface area (Å²) in [5, 5.41) is 9.69. The van der Waals surface area contributed by atoms with Gasteiger partial charge in [-0.1, -0.05) is 19.1 Å². The SMILES string of the molecule is Cc1cccc(Oc2ncccc2C(=NC2CCC(C)CC2)NO)c1C. The van der Waals surface area contributed by atoms with Gasteiger partial charge in [-0.05, 0) is 74.8 Å². The zero-order chi connectivity index (χ0) is 18.5. The highest BCUT2D eigenvalue weighted by atomic mass is 16.5. The van der Waals surface area contributed by atoms with Gasteiger partial charge in [0.15, 0.2) is 5.84 Å². The van der Waals surface area contributed by atoms with Crippen LogP contribution < -0.4 is 10.2 Å². The summed E-state index contributed by atoms with van der Waals surface area (Å²) in [6.07, 6.45) is 6.11. The average molecular weight is 353 g/mol. The van der Waals surface area contributed by atoms with E-state index in [1.807, 2.05) is 44.2 Å². The Bertz CT molecular complexity index is 781. The second-order valence-electron chi connectivity index (χ2n) is 7.16. The molecule has 0 atom stereocenters. The number of aliphatic imine (C=N–C) groups is 1. The van der Waals surface area contributed by atoms with Crippen molar-refractivity contribution in [3.8, 4) is 11.6 Å². The summed E-state index contributed by atoms with van der Waals surface area (Å²) in [7, 11) is 0. The van der Waals surface area contributed by atoms with E-state index in [2.05, 4.69) is 17.4 Å². The van der Waals surface area contributed by atoms with Gasteiger partial charge in [0.1, 0.15) is 5.75 Å². The largest absolute Gasteiger partial charge is 0.438 e. The van der Waals surface area contributed by atoms with E-state index in [0.29, 0.717) is 17.3 Å². The molecule has 1 aliphatic carbocycles. The molecule has 0 radical (unpaired) electrons. The van der Waals surface area contributed by atoms with Crippen molar-refractivity contribution < 1.29 is 9.94 Å². The molecular formula is C21H27N3O2. The van der Waals surface area contributed by atoms with Gasteiger partial charge < -0.3 is 4.74 Å². The number of nitrogens with one attached hydrogen (secondary N) is 1. The predicted molar refractivity (Wildman–Crippen MR) is 103 cm³/mol. The number of ether oxygens (including phenoxy) is 1. The first-order valence-corrected chi connectivity index (χ1v) is 9.26. The van der Waals surface area contributed by atoms with Crippen molar-refractivity contribution in [2.24, 2.45) is 10.9 Å². The van der Waals surface area contributed by atoms with Crippen LogP contribution in [0.1, 0.15) is 49.3 Å². The number of aromatic nitrogens is 1. The fourth-order valence-corrected chi connectivity index (χ4v) is 3.30. The number of benzene rings is 1. The molecule has 1 aromatic carbocycles. The Hall–Kier alpha value is -2.40. The van der Waals surface area contributed by atoms with Gasteiger partial charge in [-0.3, -0.25) is 15.7 Å². The second kappa shape index (κ2) is 8.32. The van der Waals surface area contributed by atoms with Crippen molar-refractivity contribution in [1.29, 1.82) is 0 Å². The summed E-state index contributed by atoms with van der Waals surface area (Å²) in [4.78, 5) is 9.10. The molecule has 26 heavy (non-hydrogen) atoms. The lowest BCUT2D eigenvalue weighted by Gasteiger charge is -2.24. The molecule has 1 heterocycles. The number of nitrogens with zero attached hydrogens (tertiary/aromatic N) is 2. The summed E-state index contributed by atoms with van der Waals surface area (Å²) in [5.41, 5.74) is 5.15. The molecule has 1 saturated carbocycles. The van der Waals surface area contributed by atoms with Crippen LogP contribution in [0.2, 0.25) is 0 Å². The van der Waals surface area contributed by atoms with Gasteiger partial charge in [-0.25, -0.2) is 4.98 Å². The third-order valence-corrected chi connectivity index (χ3v) is 5.19. The predicted octanol–water partition coefficient (Wildman–Crippen LogP) is 4.79. The van der Waals surface area contributed by atoms with Crippen LogP contribution in [0.4, 0.5) is 0 Å². The molecule has 2 N–H and O–H groups in total. The maximum absolute atomic E-state index is 9.69. The summed E-state index contributed by atoms with van der Waals surface area (Å²) in [5.74, 6) is 2.37. The third kappa shape index (κ3) is 4.22. The lowest BCUT2D eigenvalue weighted by molar-refractivity contribution is 0.232. The molecule has 1 aliphatic rings. The van der Waals surface area contributed by atoms with Crippen LogP contribution in [0.3, 0.4) is 0 Å². The van der Waals surface area contributed by atoms with E-state index in [1.165, 1.54) is 12.8 Å². The van der Waals surface area contributed by atoms with Gasteiger partial charge >= 0.3 is 0 Å². The van der Waals surface area contributed by atoms with Gasteiger partial charge in [0.25, 0.3) is 0 Å². The van der Waals surface area contributed by atoms with Crippen LogP contribution in [0.15, 0.2) is 41.5 Å². The molecule has 0 unspecified atom stereocenters. The second-order valence-corrected chi connectivity index (χ2v) is 7.16. The minimum Gasteiger partial charge on any atom is -0.438 e. The number of aryl methyl sites for hydroxylation is 1. The molecule has 5 nitrogen and oxygen atoms in total. The molecule has 0 saturated heterocycles. The van der Waals surface area contributed by atoms with Crippen LogP contribution in [0, 0.1) is 19.8 Å². The van der Waals surface area contributed by atoms with Crippen molar-refractivity contribution in [2.45, 2.75) is 52.5 Å². The molecular weight excluding hydrogens is 326 g/mol. The van der Waals surface area contributed by atoms with E-state index in [1.54, 1.807) is 6.20 Å². The minimum atomic E-state index is 0.217. The van der Waals surface area contributed by atoms with E-state index >= 15 is 0 Å². The topological polar surface area (TPSA) is 66.7 Å². The highest BCUT2D eigenvalue weighted by molar-refractivity contribution is 6.00. The first kappa shape index (κ1) is 18.4. The Morgan fingerprint density at radius 3 is 2.65 bits per heavy atom. The zero-order valence-electron chi connectivity index (χ0n) is 15.7. The molecule has 1 aromatic heterocycles. The Balaban J connectivity index is 1.88. The van der Waals surface area contributed by atoms with Crippen molar-refractivity contribution in [1.82, 2.24) is 10.5 Å². The van der Waals surface area contributed by atoms with Gasteiger partial charge in [0.05, 0.1) is 11.6 Å². The van der Waals surface area contributed by atoms with Crippen molar-refractivity contribution in [2.75, 3.05) is 0 Å². The average Bonchev–Trinajstić information content (AvgIpc) is 2.66. The van der Waals surface area contributed by atoms with E-state index in [9.17, 15) is 5.21 Å². The van der Waals surface area contributed by atoms with Gasteiger partial charge in [0, 0.05) is 6.20 Å². The lowest BCUT2D eigenvalue weighted by Crippen LogP contribution is -2.25. The van der Waals surface area contributed by atoms with Crippen molar-refractivity contribution >= 4 is 5.84 Å². The first-order valence-electron chi connectivity index (χ1n) is 9.26. The number of pyridine rings is 1. The summed E-state index contributed by atoms with van der Waals surface area (Å²) >= 11 is 0. The van der Waals surface area contributed by atoms with Gasteiger partial charge in [-0.2, -0.15) is 0 Å². The van der Waals surface area contributed by atoms with E-state index in [4.69, 9.17) is 9.73 Å². The highest BCUT2D eigenvalue weighted by Crippen LogP contribution is 2.29. The van der Waals surface area contributed by atoms with Crippen LogP contribution in [0.5, 0.6) is 11.6 Å². The van der Waals surface area contributed by atoms with Crippen molar-refractivity contribution in [3.63, 3.8) is 0 Å². The Morgan fingerprint density at radius 1 is 1.15 bits per heavy atom. The number of hydrogen-bond donors (Lipinski definition) is 2. The fraction of sp³-hybridized carbons (Fsp3) is 0.429. The molecule has 1 fully saturated rings. The highest BCUT2D eigenvalue weighted by Gasteiger charge is 2.20. The number of amidine groups is 1. The molecule has 0 amide bonds. The molecule has 0 bridgehead atoms. The van der Waals surface area contributed by atoms with E-state index < -0.39 is 0 Å². The minimum absolute atomic E-state index is 0.217. The number of hydroxylamine groups is 1. The number of rotatable bonds is 4. The van der Waals surface area contributed by atoms with Crippen LogP contribution in [0.25, 0.3) is 0 Å². The Labute approximate surface area is 155 Å². The van der Waals surface area contributed by atoms with Gasteiger partial charge in [-0.15, -0.1) is 0 Å². The summed E-state index contributed by atoms with van der Waals surface area (Å²) in [6.45, 7) is 6.35. The normalized spacial score (nSPS) is 20.7. The van der Waals surface area contributed by atoms with E-state index in [0.717, 1.165) is 35.6 Å². The maximum Gasteiger partial charge on any atom is 0.230 e. The first-order chi connectivity index (χ1) is 12.6. The number of hydrogen-bond acceptors (Lipinski definition) is 4. The van der Waals surface area contributed by atoms with Crippen LogP contribution >= 0.6 is 0 Å². The van der Waals surface area contributed by atoms with Crippen LogP contribution in [-0.4, -0.2) is 22.1 Å². The fourth-order valence-electron chi connectivity index (χ4n) is 3.30. The van der Waals surface area contributed by atoms with Gasteiger partial charge in [0.2, 0.25) is 5.88 Å².